The smallest absolute Gasteiger partial charge is 0.00297 e. The molecule has 0 amide bonds. The second kappa shape index (κ2) is 20.8. The van der Waals surface area contributed by atoms with Crippen LogP contribution >= 0.6 is 0 Å². The lowest BCUT2D eigenvalue weighted by Crippen LogP contribution is -1.82. The molecular weight excluding hydrogens is 336 g/mol. The van der Waals surface area contributed by atoms with Gasteiger partial charge in [-0.15, -0.1) is 12.3 Å². The fraction of sp³-hybridized carbons (Fsp3) is 0.357. The Kier molecular flexibility index (Phi) is 22.4. The van der Waals surface area contributed by atoms with E-state index in [0.717, 1.165) is 6.42 Å². The summed E-state index contributed by atoms with van der Waals surface area (Å²) < 4.78 is 0. The topological polar surface area (TPSA) is 0 Å². The van der Waals surface area contributed by atoms with E-state index in [-0.39, 0.29) is 0 Å². The average Bonchev–Trinajstić information content (AvgIpc) is 2.72. The Balaban J connectivity index is -0.000000360. The minimum atomic E-state index is 1.11. The number of allylic oxidation sites excluding steroid dienone is 3. The van der Waals surface area contributed by atoms with E-state index in [1.54, 1.807) is 6.92 Å². The molecule has 0 radical (unpaired) electrons. The molecule has 0 bridgehead atoms. The Bertz CT molecular complexity index is 736. The third kappa shape index (κ3) is 12.8. The van der Waals surface area contributed by atoms with E-state index in [9.17, 15) is 0 Å². The molecule has 0 aliphatic rings. The van der Waals surface area contributed by atoms with E-state index in [2.05, 4.69) is 88.7 Å². The molecular formula is C28H42. The monoisotopic (exact) mass is 378 g/mol. The zero-order valence-electron chi connectivity index (χ0n) is 19.8. The van der Waals surface area contributed by atoms with Crippen LogP contribution in [-0.2, 0) is 0 Å². The van der Waals surface area contributed by atoms with Crippen molar-refractivity contribution in [2.24, 2.45) is 0 Å². The van der Waals surface area contributed by atoms with E-state index >= 15 is 0 Å². The predicted octanol–water partition coefficient (Wildman–Crippen LogP) is 9.40. The highest BCUT2D eigenvalue weighted by atomic mass is 14.0. The van der Waals surface area contributed by atoms with E-state index in [1.165, 1.54) is 33.0 Å². The Morgan fingerprint density at radius 1 is 1.04 bits per heavy atom. The zero-order valence-corrected chi connectivity index (χ0v) is 19.8. The van der Waals surface area contributed by atoms with Crippen LogP contribution in [0.25, 0.3) is 16.8 Å². The van der Waals surface area contributed by atoms with Crippen LogP contribution in [0.1, 0.15) is 72.9 Å². The second-order valence-electron chi connectivity index (χ2n) is 5.59. The fourth-order valence-corrected chi connectivity index (χ4v) is 2.16. The molecule has 0 unspecified atom stereocenters. The Hall–Kier alpha value is -2.52. The van der Waals surface area contributed by atoms with Crippen LogP contribution in [0.4, 0.5) is 0 Å². The summed E-state index contributed by atoms with van der Waals surface area (Å²) in [7, 11) is 0. The van der Waals surface area contributed by atoms with E-state index < -0.39 is 0 Å². The van der Waals surface area contributed by atoms with Gasteiger partial charge in [0.05, 0.1) is 0 Å². The van der Waals surface area contributed by atoms with Crippen LogP contribution in [0, 0.1) is 19.3 Å². The molecule has 2 aromatic carbocycles. The molecule has 0 atom stereocenters. The molecule has 0 spiro atoms. The molecule has 2 rings (SSSR count). The van der Waals surface area contributed by atoms with Gasteiger partial charge in [0.1, 0.15) is 0 Å². The lowest BCUT2D eigenvalue weighted by atomic mass is 10.00. The van der Waals surface area contributed by atoms with Crippen molar-refractivity contribution in [3.63, 3.8) is 0 Å². The molecule has 0 heterocycles. The van der Waals surface area contributed by atoms with Gasteiger partial charge in [0.25, 0.3) is 0 Å². The van der Waals surface area contributed by atoms with Gasteiger partial charge in [-0.25, -0.2) is 0 Å². The molecule has 28 heavy (non-hydrogen) atoms. The highest BCUT2D eigenvalue weighted by molar-refractivity contribution is 5.91. The summed E-state index contributed by atoms with van der Waals surface area (Å²) in [6.45, 7) is 25.7. The average molecular weight is 379 g/mol. The summed E-state index contributed by atoms with van der Waals surface area (Å²) in [6, 6.07) is 12.7. The number of fused-ring (bicyclic) bond motifs is 1. The fourth-order valence-electron chi connectivity index (χ4n) is 2.16. The van der Waals surface area contributed by atoms with Crippen molar-refractivity contribution < 1.29 is 0 Å². The maximum absolute atomic E-state index is 4.60. The van der Waals surface area contributed by atoms with Crippen LogP contribution in [0.15, 0.2) is 66.8 Å². The summed E-state index contributed by atoms with van der Waals surface area (Å²) in [5.41, 5.74) is 5.02. The predicted molar refractivity (Wildman–Crippen MR) is 135 cm³/mol. The maximum atomic E-state index is 4.60. The highest BCUT2D eigenvalue weighted by Gasteiger charge is 1.99. The summed E-state index contributed by atoms with van der Waals surface area (Å²) >= 11 is 0. The Morgan fingerprint density at radius 2 is 1.54 bits per heavy atom. The molecule has 0 nitrogen and oxygen atoms in total. The molecule has 2 aromatic rings. The summed E-state index contributed by atoms with van der Waals surface area (Å²) in [5.74, 6) is 2.25. The largest absolute Gasteiger partial charge is 0.120 e. The van der Waals surface area contributed by atoms with Gasteiger partial charge >= 0.3 is 0 Å². The minimum absolute atomic E-state index is 1.11. The van der Waals surface area contributed by atoms with Crippen LogP contribution < -0.4 is 0 Å². The van der Waals surface area contributed by atoms with Crippen LogP contribution in [0.3, 0.4) is 0 Å². The van der Waals surface area contributed by atoms with Crippen LogP contribution in [-0.4, -0.2) is 0 Å². The van der Waals surface area contributed by atoms with Crippen molar-refractivity contribution in [1.29, 1.82) is 0 Å². The van der Waals surface area contributed by atoms with Crippen molar-refractivity contribution in [2.75, 3.05) is 0 Å². The summed E-state index contributed by atoms with van der Waals surface area (Å²) in [6.07, 6.45) is 9.82. The lowest BCUT2D eigenvalue weighted by Gasteiger charge is -2.05. The quantitative estimate of drug-likeness (QED) is 0.368. The van der Waals surface area contributed by atoms with Gasteiger partial charge < -0.3 is 0 Å². The van der Waals surface area contributed by atoms with Gasteiger partial charge in [0.15, 0.2) is 0 Å². The van der Waals surface area contributed by atoms with Crippen molar-refractivity contribution in [3.8, 4) is 12.3 Å². The van der Waals surface area contributed by atoms with E-state index in [0.29, 0.717) is 0 Å². The first-order chi connectivity index (χ1) is 13.4. The van der Waals surface area contributed by atoms with Crippen molar-refractivity contribution in [1.82, 2.24) is 0 Å². The second-order valence-corrected chi connectivity index (χ2v) is 5.59. The third-order valence-corrected chi connectivity index (χ3v) is 3.58. The summed E-state index contributed by atoms with van der Waals surface area (Å²) in [5, 5.41) is 2.57. The number of aryl methyl sites for hydroxylation is 1. The number of hydrogen-bond donors (Lipinski definition) is 0. The third-order valence-electron chi connectivity index (χ3n) is 3.58. The number of terminal acetylenes is 1. The molecule has 0 aliphatic carbocycles. The van der Waals surface area contributed by atoms with Crippen LogP contribution in [0.2, 0.25) is 0 Å². The standard InChI is InChI=1S/C13H12.C8H14.C3H4.2C2H6/c1-3-12-10(2)8-9-11-6-4-5-7-13(11)12;1-5-6-8(4)7(2)3;1-3-2;2*1-2/h3-9H,1H2,2H3;6H,2,5H2,1,3-4H3;1H,2H3;2*1-2H3/b;8-6+;;;. The normalized spacial score (nSPS) is 8.79. The van der Waals surface area contributed by atoms with E-state index in [4.69, 9.17) is 0 Å². The number of hydrogen-bond acceptors (Lipinski definition) is 0. The summed E-state index contributed by atoms with van der Waals surface area (Å²) in [4.78, 5) is 0. The first-order valence-electron chi connectivity index (χ1n) is 10.2. The molecule has 0 saturated carbocycles. The number of benzene rings is 2. The Morgan fingerprint density at radius 3 is 1.93 bits per heavy atom. The number of rotatable bonds is 3. The molecule has 0 aliphatic heterocycles. The van der Waals surface area contributed by atoms with Crippen molar-refractivity contribution in [2.45, 2.75) is 68.7 Å². The molecule has 154 valence electrons. The van der Waals surface area contributed by atoms with E-state index in [1.807, 2.05) is 40.7 Å². The Labute approximate surface area is 176 Å². The van der Waals surface area contributed by atoms with Crippen LogP contribution in [0.5, 0.6) is 0 Å². The van der Waals surface area contributed by atoms with Gasteiger partial charge in [-0.05, 0) is 56.0 Å². The van der Waals surface area contributed by atoms with Crippen molar-refractivity contribution >= 4 is 16.8 Å². The van der Waals surface area contributed by atoms with Gasteiger partial charge in [-0.1, -0.05) is 107 Å². The zero-order chi connectivity index (χ0) is 22.5. The van der Waals surface area contributed by atoms with Crippen molar-refractivity contribution in [3.05, 3.63) is 77.9 Å². The minimum Gasteiger partial charge on any atom is -0.120 e. The highest BCUT2D eigenvalue weighted by Crippen LogP contribution is 2.22. The maximum Gasteiger partial charge on any atom is -0.00297 e. The lowest BCUT2D eigenvalue weighted by molar-refractivity contribution is 1.18. The van der Waals surface area contributed by atoms with Gasteiger partial charge in [0.2, 0.25) is 0 Å². The molecule has 0 aromatic heterocycles. The SMILES string of the molecule is C#CC.C=C(C)/C(C)=C/CC.C=Cc1c(C)ccc2ccccc12.CC.CC. The van der Waals surface area contributed by atoms with Gasteiger partial charge in [-0.2, -0.15) is 0 Å². The van der Waals surface area contributed by atoms with Gasteiger partial charge in [0, 0.05) is 0 Å². The molecule has 0 N–H and O–H groups in total. The molecule has 0 saturated heterocycles. The first-order valence-corrected chi connectivity index (χ1v) is 10.2. The van der Waals surface area contributed by atoms with Gasteiger partial charge in [-0.3, -0.25) is 0 Å². The first kappa shape index (κ1) is 30.2. The molecule has 0 heteroatoms. The molecule has 0 fully saturated rings.